The lowest BCUT2D eigenvalue weighted by Gasteiger charge is -2.26. The monoisotopic (exact) mass is 335 g/mol. The summed E-state index contributed by atoms with van der Waals surface area (Å²) in [6.45, 7) is 6.90. The number of nitrogens with one attached hydrogen (secondary N) is 1. The zero-order valence-electron chi connectivity index (χ0n) is 14.6. The van der Waals surface area contributed by atoms with E-state index in [9.17, 15) is 14.4 Å². The fourth-order valence-corrected chi connectivity index (χ4v) is 1.84. The van der Waals surface area contributed by atoms with Crippen molar-refractivity contribution in [3.63, 3.8) is 0 Å². The second kappa shape index (κ2) is 8.44. The lowest BCUT2D eigenvalue weighted by atomic mass is 10.1. The van der Waals surface area contributed by atoms with Gasteiger partial charge in [0, 0.05) is 0 Å². The molecule has 132 valence electrons. The fourth-order valence-electron chi connectivity index (χ4n) is 1.84. The first kappa shape index (κ1) is 19.6. The minimum absolute atomic E-state index is 0.0896. The van der Waals surface area contributed by atoms with Gasteiger partial charge in [-0.15, -0.1) is 0 Å². The first-order chi connectivity index (χ1) is 11.1. The van der Waals surface area contributed by atoms with E-state index in [4.69, 9.17) is 10.5 Å². The molecule has 0 unspecified atom stereocenters. The molecule has 3 N–H and O–H groups in total. The van der Waals surface area contributed by atoms with Crippen molar-refractivity contribution in [2.45, 2.75) is 39.8 Å². The number of primary amides is 1. The normalized spacial score (nSPS) is 11.0. The van der Waals surface area contributed by atoms with Gasteiger partial charge in [-0.1, -0.05) is 29.8 Å². The van der Waals surface area contributed by atoms with Gasteiger partial charge in [0.15, 0.2) is 0 Å². The number of amides is 3. The van der Waals surface area contributed by atoms with Crippen LogP contribution in [0.25, 0.3) is 0 Å². The maximum atomic E-state index is 12.3. The van der Waals surface area contributed by atoms with Crippen LogP contribution >= 0.6 is 0 Å². The molecule has 7 nitrogen and oxygen atoms in total. The van der Waals surface area contributed by atoms with E-state index in [2.05, 4.69) is 5.32 Å². The molecule has 24 heavy (non-hydrogen) atoms. The van der Waals surface area contributed by atoms with Crippen LogP contribution in [-0.4, -0.2) is 41.5 Å². The molecule has 0 aliphatic heterocycles. The van der Waals surface area contributed by atoms with Gasteiger partial charge >= 0.3 is 6.09 Å². The van der Waals surface area contributed by atoms with Crippen LogP contribution in [0.2, 0.25) is 0 Å². The number of rotatable bonds is 6. The first-order valence-electron chi connectivity index (χ1n) is 7.66. The predicted octanol–water partition coefficient (Wildman–Crippen LogP) is 1.33. The highest BCUT2D eigenvalue weighted by Crippen LogP contribution is 2.13. The minimum atomic E-state index is -0.728. The van der Waals surface area contributed by atoms with E-state index in [-0.39, 0.29) is 19.6 Å². The zero-order valence-corrected chi connectivity index (χ0v) is 14.6. The molecule has 0 bridgehead atoms. The van der Waals surface area contributed by atoms with Crippen LogP contribution in [0.4, 0.5) is 4.79 Å². The third-order valence-electron chi connectivity index (χ3n) is 2.95. The van der Waals surface area contributed by atoms with E-state index in [1.165, 1.54) is 0 Å². The molecule has 0 radical (unpaired) electrons. The summed E-state index contributed by atoms with van der Waals surface area (Å²) >= 11 is 0. The van der Waals surface area contributed by atoms with Crippen LogP contribution in [-0.2, 0) is 20.9 Å². The maximum Gasteiger partial charge on any atom is 0.417 e. The number of hydrogen-bond donors (Lipinski definition) is 2. The Hall–Kier alpha value is -2.41. The Labute approximate surface area is 142 Å². The Bertz CT molecular complexity index is 591. The average Bonchev–Trinajstić information content (AvgIpc) is 2.44. The summed E-state index contributed by atoms with van der Waals surface area (Å²) in [7, 11) is 0. The summed E-state index contributed by atoms with van der Waals surface area (Å²) < 4.78 is 5.29. The number of nitrogens with zero attached hydrogens (tertiary/aromatic N) is 1. The summed E-state index contributed by atoms with van der Waals surface area (Å²) in [4.78, 5) is 36.4. The van der Waals surface area contributed by atoms with E-state index in [0.717, 1.165) is 16.0 Å². The number of ether oxygens (including phenoxy) is 1. The van der Waals surface area contributed by atoms with E-state index in [1.54, 1.807) is 20.8 Å². The van der Waals surface area contributed by atoms with E-state index < -0.39 is 23.5 Å². The number of nitrogens with two attached hydrogens (primary N) is 1. The average molecular weight is 335 g/mol. The molecule has 3 amide bonds. The van der Waals surface area contributed by atoms with Gasteiger partial charge < -0.3 is 10.5 Å². The Kier molecular flexibility index (Phi) is 6.91. The zero-order chi connectivity index (χ0) is 18.3. The lowest BCUT2D eigenvalue weighted by molar-refractivity contribution is -0.130. The third kappa shape index (κ3) is 7.23. The van der Waals surface area contributed by atoms with Crippen LogP contribution < -0.4 is 11.1 Å². The molecule has 1 aromatic rings. The minimum Gasteiger partial charge on any atom is -0.443 e. The first-order valence-corrected chi connectivity index (χ1v) is 7.66. The topological polar surface area (TPSA) is 102 Å². The second-order valence-corrected chi connectivity index (χ2v) is 6.52. The van der Waals surface area contributed by atoms with Crippen LogP contribution in [0.1, 0.15) is 31.9 Å². The molecule has 0 saturated heterocycles. The summed E-state index contributed by atoms with van der Waals surface area (Å²) in [6.07, 6.45) is -0.728. The van der Waals surface area contributed by atoms with Crippen molar-refractivity contribution in [3.8, 4) is 0 Å². The quantitative estimate of drug-likeness (QED) is 0.817. The Balaban J connectivity index is 2.85. The smallest absolute Gasteiger partial charge is 0.417 e. The predicted molar refractivity (Wildman–Crippen MR) is 90.0 cm³/mol. The number of imide groups is 1. The highest BCUT2D eigenvalue weighted by molar-refractivity contribution is 5.93. The van der Waals surface area contributed by atoms with Crippen molar-refractivity contribution in [1.82, 2.24) is 10.2 Å². The molecule has 0 atom stereocenters. The van der Waals surface area contributed by atoms with Gasteiger partial charge in [-0.3, -0.25) is 14.9 Å². The second-order valence-electron chi connectivity index (χ2n) is 6.52. The van der Waals surface area contributed by atoms with Crippen molar-refractivity contribution in [2.75, 3.05) is 13.1 Å². The van der Waals surface area contributed by atoms with Gasteiger partial charge in [0.1, 0.15) is 5.60 Å². The lowest BCUT2D eigenvalue weighted by Crippen LogP contribution is -2.45. The molecule has 0 aromatic heterocycles. The van der Waals surface area contributed by atoms with Crippen molar-refractivity contribution in [2.24, 2.45) is 5.73 Å². The molecule has 0 fully saturated rings. The van der Waals surface area contributed by atoms with Gasteiger partial charge in [-0.2, -0.15) is 0 Å². The largest absolute Gasteiger partial charge is 0.443 e. The fraction of sp³-hybridized carbons (Fsp3) is 0.471. The molecular weight excluding hydrogens is 310 g/mol. The van der Waals surface area contributed by atoms with Crippen LogP contribution in [0, 0.1) is 6.92 Å². The summed E-state index contributed by atoms with van der Waals surface area (Å²) in [5.74, 6) is -1.07. The van der Waals surface area contributed by atoms with Crippen molar-refractivity contribution < 1.29 is 19.1 Å². The highest BCUT2D eigenvalue weighted by Gasteiger charge is 2.27. The van der Waals surface area contributed by atoms with E-state index in [0.29, 0.717) is 0 Å². The summed E-state index contributed by atoms with van der Waals surface area (Å²) in [6, 6.07) is 7.49. The molecule has 0 aliphatic carbocycles. The van der Waals surface area contributed by atoms with E-state index in [1.807, 2.05) is 31.2 Å². The summed E-state index contributed by atoms with van der Waals surface area (Å²) in [5, 5.41) is 2.60. The van der Waals surface area contributed by atoms with Gasteiger partial charge in [-0.25, -0.2) is 9.69 Å². The van der Waals surface area contributed by atoms with Crippen LogP contribution in [0.15, 0.2) is 24.3 Å². The molecule has 1 aromatic carbocycles. The molecular formula is C17H25N3O4. The van der Waals surface area contributed by atoms with Crippen molar-refractivity contribution in [1.29, 1.82) is 0 Å². The maximum absolute atomic E-state index is 12.3. The molecule has 7 heteroatoms. The number of carbonyl (C=O) groups excluding carboxylic acids is 3. The molecule has 0 heterocycles. The van der Waals surface area contributed by atoms with Crippen LogP contribution in [0.5, 0.6) is 0 Å². The number of carbonyl (C=O) groups is 3. The standard InChI is InChI=1S/C17H25N3O4/c1-12-5-7-13(8-6-12)11-20(16(23)24-17(2,3)4)15(22)10-19-9-14(18)21/h5-8,19H,9-11H2,1-4H3,(H2,18,21). The van der Waals surface area contributed by atoms with Gasteiger partial charge in [0.2, 0.25) is 11.8 Å². The van der Waals surface area contributed by atoms with Crippen molar-refractivity contribution >= 4 is 17.9 Å². The molecule has 0 spiro atoms. The van der Waals surface area contributed by atoms with Gasteiger partial charge in [0.25, 0.3) is 0 Å². The number of benzene rings is 1. The molecule has 1 rings (SSSR count). The van der Waals surface area contributed by atoms with Crippen molar-refractivity contribution in [3.05, 3.63) is 35.4 Å². The highest BCUT2D eigenvalue weighted by atomic mass is 16.6. The molecule has 0 saturated carbocycles. The Morgan fingerprint density at radius 3 is 2.21 bits per heavy atom. The molecule has 0 aliphatic rings. The SMILES string of the molecule is Cc1ccc(CN(C(=O)CNCC(N)=O)C(=O)OC(C)(C)C)cc1. The Morgan fingerprint density at radius 2 is 1.71 bits per heavy atom. The Morgan fingerprint density at radius 1 is 1.12 bits per heavy atom. The summed E-state index contributed by atoms with van der Waals surface area (Å²) in [5.41, 5.74) is 6.18. The third-order valence-corrected chi connectivity index (χ3v) is 2.95. The van der Waals surface area contributed by atoms with Gasteiger partial charge in [0.05, 0.1) is 19.6 Å². The number of hydrogen-bond acceptors (Lipinski definition) is 5. The van der Waals surface area contributed by atoms with Gasteiger partial charge in [-0.05, 0) is 33.3 Å². The van der Waals surface area contributed by atoms with E-state index >= 15 is 0 Å². The van der Waals surface area contributed by atoms with Crippen LogP contribution in [0.3, 0.4) is 0 Å². The number of aryl methyl sites for hydroxylation is 1.